The topological polar surface area (TPSA) is 33.3 Å². The quantitative estimate of drug-likeness (QED) is 0.626. The Morgan fingerprint density at radius 1 is 1.23 bits per heavy atom. The summed E-state index contributed by atoms with van der Waals surface area (Å²) in [5.74, 6) is 0.472. The number of ether oxygens (including phenoxy) is 1. The molecule has 0 aliphatic rings. The summed E-state index contributed by atoms with van der Waals surface area (Å²) in [4.78, 5) is 0. The highest BCUT2D eigenvalue weighted by molar-refractivity contribution is 7.80. The Morgan fingerprint density at radius 3 is 2.82 bits per heavy atom. The van der Waals surface area contributed by atoms with Gasteiger partial charge in [0.15, 0.2) is 5.11 Å². The molecule has 0 aromatic heterocycles. The van der Waals surface area contributed by atoms with Crippen molar-refractivity contribution in [2.45, 2.75) is 6.54 Å². The Balaban J connectivity index is 1.89. The second-order valence-corrected chi connectivity index (χ2v) is 4.93. The van der Waals surface area contributed by atoms with E-state index >= 15 is 0 Å². The summed E-state index contributed by atoms with van der Waals surface area (Å²) in [6.07, 6.45) is 1.68. The van der Waals surface area contributed by atoms with Crippen molar-refractivity contribution in [1.29, 1.82) is 0 Å². The standard InChI is InChI=1S/C17H17FN2OS/c1-2-10-21-15-8-5-7-14(11-15)20-17(22)19-12-13-6-3-4-9-16(13)18/h2-9,11H,1,10,12H2,(H2,19,20,22). The Kier molecular flexibility index (Phi) is 5.91. The van der Waals surface area contributed by atoms with Gasteiger partial charge in [0.2, 0.25) is 0 Å². The van der Waals surface area contributed by atoms with Gasteiger partial charge in [-0.1, -0.05) is 36.9 Å². The Bertz CT molecular complexity index is 661. The molecule has 0 unspecified atom stereocenters. The Hall–Kier alpha value is -2.40. The first kappa shape index (κ1) is 16.0. The molecule has 0 amide bonds. The van der Waals surface area contributed by atoms with Crippen LogP contribution < -0.4 is 15.4 Å². The molecular weight excluding hydrogens is 299 g/mol. The van der Waals surface area contributed by atoms with Crippen LogP contribution in [0.25, 0.3) is 0 Å². The third-order valence-electron chi connectivity index (χ3n) is 2.86. The average Bonchev–Trinajstić information content (AvgIpc) is 2.52. The van der Waals surface area contributed by atoms with E-state index in [1.807, 2.05) is 24.3 Å². The molecule has 0 radical (unpaired) electrons. The molecular formula is C17H17FN2OS. The van der Waals surface area contributed by atoms with Crippen molar-refractivity contribution < 1.29 is 9.13 Å². The van der Waals surface area contributed by atoms with Gasteiger partial charge in [-0.15, -0.1) is 0 Å². The van der Waals surface area contributed by atoms with Crippen molar-refractivity contribution in [2.24, 2.45) is 0 Å². The van der Waals surface area contributed by atoms with E-state index in [-0.39, 0.29) is 5.82 Å². The van der Waals surface area contributed by atoms with E-state index in [0.717, 1.165) is 11.4 Å². The molecule has 2 rings (SSSR count). The smallest absolute Gasteiger partial charge is 0.171 e. The SMILES string of the molecule is C=CCOc1cccc(NC(=S)NCc2ccccc2F)c1. The van der Waals surface area contributed by atoms with Crippen molar-refractivity contribution in [3.63, 3.8) is 0 Å². The van der Waals surface area contributed by atoms with E-state index in [1.165, 1.54) is 6.07 Å². The fourth-order valence-electron chi connectivity index (χ4n) is 1.81. The monoisotopic (exact) mass is 316 g/mol. The van der Waals surface area contributed by atoms with Crippen LogP contribution in [0.1, 0.15) is 5.56 Å². The van der Waals surface area contributed by atoms with Crippen molar-refractivity contribution >= 4 is 23.0 Å². The zero-order valence-electron chi connectivity index (χ0n) is 12.0. The Labute approximate surface area is 134 Å². The normalized spacial score (nSPS) is 9.86. The summed E-state index contributed by atoms with van der Waals surface area (Å²) in [5.41, 5.74) is 1.36. The first-order valence-electron chi connectivity index (χ1n) is 6.81. The van der Waals surface area contributed by atoms with Crippen LogP contribution in [0.5, 0.6) is 5.75 Å². The lowest BCUT2D eigenvalue weighted by Gasteiger charge is -2.12. The van der Waals surface area contributed by atoms with Crippen molar-refractivity contribution in [2.75, 3.05) is 11.9 Å². The van der Waals surface area contributed by atoms with Gasteiger partial charge in [-0.05, 0) is 30.4 Å². The predicted octanol–water partition coefficient (Wildman–Crippen LogP) is 3.88. The molecule has 0 spiro atoms. The summed E-state index contributed by atoms with van der Waals surface area (Å²) in [6.45, 7) is 4.37. The second kappa shape index (κ2) is 8.14. The van der Waals surface area contributed by atoms with Gasteiger partial charge < -0.3 is 15.4 Å². The number of hydrogen-bond donors (Lipinski definition) is 2. The van der Waals surface area contributed by atoms with Gasteiger partial charge in [-0.2, -0.15) is 0 Å². The van der Waals surface area contributed by atoms with Crippen molar-refractivity contribution in [3.8, 4) is 5.75 Å². The molecule has 3 nitrogen and oxygen atoms in total. The third-order valence-corrected chi connectivity index (χ3v) is 3.10. The van der Waals surface area contributed by atoms with Crippen LogP contribution in [0.4, 0.5) is 10.1 Å². The molecule has 5 heteroatoms. The molecule has 0 aliphatic heterocycles. The number of nitrogens with one attached hydrogen (secondary N) is 2. The minimum atomic E-state index is -0.252. The van der Waals surface area contributed by atoms with Crippen LogP contribution >= 0.6 is 12.2 Å². The zero-order chi connectivity index (χ0) is 15.8. The fourth-order valence-corrected chi connectivity index (χ4v) is 2.00. The molecule has 114 valence electrons. The Morgan fingerprint density at radius 2 is 2.05 bits per heavy atom. The maximum atomic E-state index is 13.5. The van der Waals surface area contributed by atoms with Crippen LogP contribution in [-0.4, -0.2) is 11.7 Å². The summed E-state index contributed by atoms with van der Waals surface area (Å²) in [5, 5.41) is 6.44. The lowest BCUT2D eigenvalue weighted by Crippen LogP contribution is -2.28. The molecule has 22 heavy (non-hydrogen) atoms. The largest absolute Gasteiger partial charge is 0.489 e. The number of thiocarbonyl (C=S) groups is 1. The van der Waals surface area contributed by atoms with Gasteiger partial charge in [0, 0.05) is 23.9 Å². The van der Waals surface area contributed by atoms with E-state index in [0.29, 0.717) is 23.8 Å². The summed E-state index contributed by atoms with van der Waals surface area (Å²) in [7, 11) is 0. The van der Waals surface area contributed by atoms with Crippen LogP contribution in [0.3, 0.4) is 0 Å². The lowest BCUT2D eigenvalue weighted by atomic mass is 10.2. The molecule has 0 fully saturated rings. The molecule has 0 atom stereocenters. The fraction of sp³-hybridized carbons (Fsp3) is 0.118. The van der Waals surface area contributed by atoms with Gasteiger partial charge in [0.1, 0.15) is 18.2 Å². The number of rotatable bonds is 6. The zero-order valence-corrected chi connectivity index (χ0v) is 12.8. The minimum absolute atomic E-state index is 0.252. The van der Waals surface area contributed by atoms with Crippen LogP contribution in [0.15, 0.2) is 61.2 Å². The van der Waals surface area contributed by atoms with Crippen LogP contribution in [-0.2, 0) is 6.54 Å². The predicted molar refractivity (Wildman–Crippen MR) is 91.6 cm³/mol. The minimum Gasteiger partial charge on any atom is -0.489 e. The summed E-state index contributed by atoms with van der Waals surface area (Å²) >= 11 is 5.21. The van der Waals surface area contributed by atoms with E-state index in [4.69, 9.17) is 17.0 Å². The average molecular weight is 316 g/mol. The highest BCUT2D eigenvalue weighted by atomic mass is 32.1. The van der Waals surface area contributed by atoms with E-state index in [2.05, 4.69) is 17.2 Å². The second-order valence-electron chi connectivity index (χ2n) is 4.53. The van der Waals surface area contributed by atoms with Crippen molar-refractivity contribution in [1.82, 2.24) is 5.32 Å². The summed E-state index contributed by atoms with van der Waals surface area (Å²) < 4.78 is 19.0. The number of benzene rings is 2. The first-order chi connectivity index (χ1) is 10.7. The molecule has 0 saturated heterocycles. The highest BCUT2D eigenvalue weighted by Gasteiger charge is 2.03. The molecule has 0 saturated carbocycles. The molecule has 0 aliphatic carbocycles. The molecule has 0 bridgehead atoms. The van der Waals surface area contributed by atoms with Crippen LogP contribution in [0.2, 0.25) is 0 Å². The number of anilines is 1. The van der Waals surface area contributed by atoms with Gasteiger partial charge >= 0.3 is 0 Å². The molecule has 2 aromatic carbocycles. The third kappa shape index (κ3) is 4.86. The first-order valence-corrected chi connectivity index (χ1v) is 7.22. The number of halogens is 1. The van der Waals surface area contributed by atoms with Gasteiger partial charge in [0.05, 0.1) is 0 Å². The maximum Gasteiger partial charge on any atom is 0.171 e. The van der Waals surface area contributed by atoms with E-state index in [9.17, 15) is 4.39 Å². The van der Waals surface area contributed by atoms with Gasteiger partial charge in [-0.25, -0.2) is 4.39 Å². The molecule has 0 heterocycles. The molecule has 2 N–H and O–H groups in total. The lowest BCUT2D eigenvalue weighted by molar-refractivity contribution is 0.363. The molecule has 2 aromatic rings. The highest BCUT2D eigenvalue weighted by Crippen LogP contribution is 2.17. The van der Waals surface area contributed by atoms with Crippen molar-refractivity contribution in [3.05, 3.63) is 72.6 Å². The van der Waals surface area contributed by atoms with Crippen LogP contribution in [0, 0.1) is 5.82 Å². The maximum absolute atomic E-state index is 13.5. The van der Waals surface area contributed by atoms with Gasteiger partial charge in [-0.3, -0.25) is 0 Å². The van der Waals surface area contributed by atoms with E-state index < -0.39 is 0 Å². The summed E-state index contributed by atoms with van der Waals surface area (Å²) in [6, 6.07) is 14.0. The van der Waals surface area contributed by atoms with Gasteiger partial charge in [0.25, 0.3) is 0 Å². The van der Waals surface area contributed by atoms with E-state index in [1.54, 1.807) is 24.3 Å². The number of hydrogen-bond acceptors (Lipinski definition) is 2.